The number of carbonyl (C=O) groups excluding carboxylic acids is 1. The van der Waals surface area contributed by atoms with Crippen molar-refractivity contribution in [3.8, 4) is 0 Å². The summed E-state index contributed by atoms with van der Waals surface area (Å²) >= 11 is 0. The zero-order chi connectivity index (χ0) is 15.4. The highest BCUT2D eigenvalue weighted by Crippen LogP contribution is 2.28. The maximum Gasteiger partial charge on any atom is 0.292 e. The monoisotopic (exact) mass is 293 g/mol. The number of rotatable bonds is 5. The molecule has 0 unspecified atom stereocenters. The van der Waals surface area contributed by atoms with Crippen LogP contribution < -0.4 is 4.90 Å². The second-order valence-electron chi connectivity index (χ2n) is 5.18. The lowest BCUT2D eigenvalue weighted by Crippen LogP contribution is -2.37. The fourth-order valence-corrected chi connectivity index (χ4v) is 2.49. The number of anilines is 1. The number of nitro benzene ring substituents is 1. The summed E-state index contributed by atoms with van der Waals surface area (Å²) < 4.78 is 0. The maximum atomic E-state index is 12.1. The van der Waals surface area contributed by atoms with Crippen LogP contribution >= 0.6 is 0 Å². The molecule has 1 aliphatic heterocycles. The molecule has 0 saturated carbocycles. The van der Waals surface area contributed by atoms with E-state index in [0.29, 0.717) is 11.3 Å². The van der Waals surface area contributed by atoms with E-state index in [2.05, 4.69) is 0 Å². The third-order valence-corrected chi connectivity index (χ3v) is 3.66. The molecule has 21 heavy (non-hydrogen) atoms. The fraction of sp³-hybridized carbons (Fsp3) is 0.500. The van der Waals surface area contributed by atoms with Crippen molar-refractivity contribution in [3.63, 3.8) is 0 Å². The number of aliphatic hydroxyl groups excluding tert-OH is 1. The van der Waals surface area contributed by atoms with Crippen LogP contribution in [0.15, 0.2) is 18.2 Å². The van der Waals surface area contributed by atoms with Gasteiger partial charge in [-0.15, -0.1) is 0 Å². The van der Waals surface area contributed by atoms with Crippen LogP contribution in [0.5, 0.6) is 0 Å². The second-order valence-corrected chi connectivity index (χ2v) is 5.18. The average molecular weight is 293 g/mol. The lowest BCUT2D eigenvalue weighted by atomic mass is 10.1. The van der Waals surface area contributed by atoms with Gasteiger partial charge in [0.05, 0.1) is 18.1 Å². The zero-order valence-corrected chi connectivity index (χ0v) is 12.0. The van der Waals surface area contributed by atoms with Crippen LogP contribution in [0.25, 0.3) is 0 Å². The first kappa shape index (κ1) is 15.2. The third-order valence-electron chi connectivity index (χ3n) is 3.66. The van der Waals surface area contributed by atoms with Crippen molar-refractivity contribution >= 4 is 17.3 Å². The molecule has 7 heteroatoms. The SMILES string of the molecule is CN(CC(=O)N1CCCC1)c1ccc(CO)cc1[N+](=O)[O-]. The van der Waals surface area contributed by atoms with Gasteiger partial charge in [-0.05, 0) is 24.5 Å². The third kappa shape index (κ3) is 3.49. The van der Waals surface area contributed by atoms with Gasteiger partial charge in [0.1, 0.15) is 5.69 Å². The van der Waals surface area contributed by atoms with Gasteiger partial charge in [-0.2, -0.15) is 0 Å². The molecule has 1 saturated heterocycles. The van der Waals surface area contributed by atoms with Crippen molar-refractivity contribution in [1.29, 1.82) is 0 Å². The van der Waals surface area contributed by atoms with Gasteiger partial charge in [0.25, 0.3) is 5.69 Å². The van der Waals surface area contributed by atoms with Crippen LogP contribution in [0, 0.1) is 10.1 Å². The Hall–Kier alpha value is -2.15. The Labute approximate surface area is 122 Å². The lowest BCUT2D eigenvalue weighted by Gasteiger charge is -2.22. The quantitative estimate of drug-likeness (QED) is 0.650. The average Bonchev–Trinajstić information content (AvgIpc) is 3.00. The molecule has 0 aliphatic carbocycles. The summed E-state index contributed by atoms with van der Waals surface area (Å²) in [6, 6.07) is 4.53. The first-order valence-electron chi connectivity index (χ1n) is 6.90. The number of amides is 1. The minimum Gasteiger partial charge on any atom is -0.392 e. The minimum absolute atomic E-state index is 0.0180. The highest BCUT2D eigenvalue weighted by molar-refractivity contribution is 5.82. The molecule has 2 rings (SSSR count). The highest BCUT2D eigenvalue weighted by Gasteiger charge is 2.23. The first-order chi connectivity index (χ1) is 10.0. The molecule has 114 valence electrons. The van der Waals surface area contributed by atoms with Crippen LogP contribution in [-0.2, 0) is 11.4 Å². The highest BCUT2D eigenvalue weighted by atomic mass is 16.6. The predicted octanol–water partition coefficient (Wildman–Crippen LogP) is 1.15. The number of hydrogen-bond acceptors (Lipinski definition) is 5. The number of nitrogens with zero attached hydrogens (tertiary/aromatic N) is 3. The first-order valence-corrected chi connectivity index (χ1v) is 6.90. The van der Waals surface area contributed by atoms with Gasteiger partial charge < -0.3 is 14.9 Å². The summed E-state index contributed by atoms with van der Waals surface area (Å²) in [6.07, 6.45) is 2.03. The van der Waals surface area contributed by atoms with Gasteiger partial charge in [0.15, 0.2) is 0 Å². The van der Waals surface area contributed by atoms with E-state index in [1.54, 1.807) is 29.0 Å². The Morgan fingerprint density at radius 2 is 2.10 bits per heavy atom. The molecular weight excluding hydrogens is 274 g/mol. The van der Waals surface area contributed by atoms with Crippen molar-refractivity contribution in [2.24, 2.45) is 0 Å². The summed E-state index contributed by atoms with van der Waals surface area (Å²) in [6.45, 7) is 1.38. The molecule has 1 aliphatic rings. The topological polar surface area (TPSA) is 86.9 Å². The van der Waals surface area contributed by atoms with Crippen LogP contribution in [-0.4, -0.2) is 47.5 Å². The van der Waals surface area contributed by atoms with E-state index in [1.807, 2.05) is 0 Å². The van der Waals surface area contributed by atoms with E-state index < -0.39 is 4.92 Å². The molecular formula is C14H19N3O4. The van der Waals surface area contributed by atoms with Gasteiger partial charge in [0.2, 0.25) is 5.91 Å². The summed E-state index contributed by atoms with van der Waals surface area (Å²) in [5.41, 5.74) is 0.757. The number of carbonyl (C=O) groups is 1. The fourth-order valence-electron chi connectivity index (χ4n) is 2.49. The van der Waals surface area contributed by atoms with Gasteiger partial charge >= 0.3 is 0 Å². The van der Waals surface area contributed by atoms with E-state index in [0.717, 1.165) is 25.9 Å². The number of likely N-dealkylation sites (N-methyl/N-ethyl adjacent to an activating group) is 1. The van der Waals surface area contributed by atoms with Crippen molar-refractivity contribution in [1.82, 2.24) is 4.90 Å². The second kappa shape index (κ2) is 6.53. The van der Waals surface area contributed by atoms with Crippen LogP contribution in [0.1, 0.15) is 18.4 Å². The molecule has 0 aromatic heterocycles. The Morgan fingerprint density at radius 3 is 2.67 bits per heavy atom. The normalized spacial score (nSPS) is 14.3. The Balaban J connectivity index is 2.16. The number of nitro groups is 1. The van der Waals surface area contributed by atoms with Gasteiger partial charge in [-0.3, -0.25) is 14.9 Å². The minimum atomic E-state index is -0.495. The molecule has 1 amide bonds. The van der Waals surface area contributed by atoms with Crippen molar-refractivity contribution in [2.45, 2.75) is 19.4 Å². The number of hydrogen-bond donors (Lipinski definition) is 1. The molecule has 7 nitrogen and oxygen atoms in total. The largest absolute Gasteiger partial charge is 0.392 e. The zero-order valence-electron chi connectivity index (χ0n) is 12.0. The van der Waals surface area contributed by atoms with Crippen molar-refractivity contribution < 1.29 is 14.8 Å². The molecule has 1 aromatic rings. The summed E-state index contributed by atoms with van der Waals surface area (Å²) in [5.74, 6) is -0.0180. The van der Waals surface area contributed by atoms with Gasteiger partial charge in [-0.25, -0.2) is 0 Å². The van der Waals surface area contributed by atoms with E-state index in [9.17, 15) is 14.9 Å². The lowest BCUT2D eigenvalue weighted by molar-refractivity contribution is -0.384. The molecule has 1 aromatic carbocycles. The maximum absolute atomic E-state index is 12.1. The van der Waals surface area contributed by atoms with Crippen molar-refractivity contribution in [3.05, 3.63) is 33.9 Å². The van der Waals surface area contributed by atoms with Crippen LogP contribution in [0.4, 0.5) is 11.4 Å². The Bertz CT molecular complexity index is 541. The number of aliphatic hydroxyl groups is 1. The van der Waals surface area contributed by atoms with E-state index in [1.165, 1.54) is 6.07 Å². The van der Waals surface area contributed by atoms with E-state index in [-0.39, 0.29) is 24.7 Å². The number of benzene rings is 1. The van der Waals surface area contributed by atoms with Crippen LogP contribution in [0.2, 0.25) is 0 Å². The summed E-state index contributed by atoms with van der Waals surface area (Å²) in [5, 5.41) is 20.2. The predicted molar refractivity (Wildman–Crippen MR) is 78.1 cm³/mol. The molecule has 0 atom stereocenters. The van der Waals surface area contributed by atoms with Gasteiger partial charge in [0, 0.05) is 26.2 Å². The smallest absolute Gasteiger partial charge is 0.292 e. The molecule has 1 N–H and O–H groups in total. The molecule has 1 fully saturated rings. The standard InChI is InChI=1S/C14H19N3O4/c1-15(9-14(19)16-6-2-3-7-16)12-5-4-11(10-18)8-13(12)17(20)21/h4-5,8,18H,2-3,6-7,9-10H2,1H3. The van der Waals surface area contributed by atoms with E-state index in [4.69, 9.17) is 5.11 Å². The van der Waals surface area contributed by atoms with E-state index >= 15 is 0 Å². The number of likely N-dealkylation sites (tertiary alicyclic amines) is 1. The Kier molecular flexibility index (Phi) is 4.74. The molecule has 0 radical (unpaired) electrons. The van der Waals surface area contributed by atoms with Gasteiger partial charge in [-0.1, -0.05) is 6.07 Å². The molecule has 0 spiro atoms. The Morgan fingerprint density at radius 1 is 1.43 bits per heavy atom. The van der Waals surface area contributed by atoms with Crippen LogP contribution in [0.3, 0.4) is 0 Å². The summed E-state index contributed by atoms with van der Waals surface area (Å²) in [7, 11) is 1.66. The summed E-state index contributed by atoms with van der Waals surface area (Å²) in [4.78, 5) is 26.1. The molecule has 1 heterocycles. The molecule has 0 bridgehead atoms. The van der Waals surface area contributed by atoms with Crippen molar-refractivity contribution in [2.75, 3.05) is 31.6 Å².